The van der Waals surface area contributed by atoms with Crippen molar-refractivity contribution in [2.45, 2.75) is 19.2 Å². The van der Waals surface area contributed by atoms with Crippen LogP contribution in [0.3, 0.4) is 0 Å². The van der Waals surface area contributed by atoms with Crippen LogP contribution in [0.4, 0.5) is 18.9 Å². The van der Waals surface area contributed by atoms with E-state index in [0.29, 0.717) is 5.56 Å². The van der Waals surface area contributed by atoms with E-state index in [-0.39, 0.29) is 17.2 Å². The number of nitrogens with two attached hydrogens (primary N) is 1. The van der Waals surface area contributed by atoms with Crippen molar-refractivity contribution >= 4 is 5.69 Å². The Hall–Kier alpha value is -2.44. The minimum Gasteiger partial charge on any atom is -0.506 e. The van der Waals surface area contributed by atoms with Gasteiger partial charge in [0.1, 0.15) is 17.6 Å². The first-order chi connectivity index (χ1) is 9.77. The van der Waals surface area contributed by atoms with Gasteiger partial charge in [0, 0.05) is 17.4 Å². The molecule has 0 aliphatic heterocycles. The molecule has 4 nitrogen and oxygen atoms in total. The highest BCUT2D eigenvalue weighted by molar-refractivity contribution is 5.52. The number of aromatic nitrogens is 1. The number of nitrogen functional groups attached to an aromatic ring is 1. The summed E-state index contributed by atoms with van der Waals surface area (Å²) in [4.78, 5) is 3.79. The van der Waals surface area contributed by atoms with E-state index in [4.69, 9.17) is 10.5 Å². The fourth-order valence-electron chi connectivity index (χ4n) is 1.79. The lowest BCUT2D eigenvalue weighted by Gasteiger charge is -2.17. The second kappa shape index (κ2) is 5.51. The molecule has 0 amide bonds. The number of ether oxygens (including phenoxy) is 1. The van der Waals surface area contributed by atoms with Crippen LogP contribution < -0.4 is 10.5 Å². The summed E-state index contributed by atoms with van der Waals surface area (Å²) in [7, 11) is 0. The SMILES string of the molecule is CC(Oc1ccc(N)c(C(F)(F)F)c1)c1cncc(O)c1. The molecule has 1 heterocycles. The average molecular weight is 298 g/mol. The Bertz CT molecular complexity index is 644. The van der Waals surface area contributed by atoms with Crippen molar-refractivity contribution in [3.8, 4) is 11.5 Å². The number of rotatable bonds is 3. The van der Waals surface area contributed by atoms with Gasteiger partial charge in [-0.3, -0.25) is 4.98 Å². The molecule has 2 rings (SSSR count). The van der Waals surface area contributed by atoms with Crippen LogP contribution in [0.1, 0.15) is 24.2 Å². The molecule has 1 atom stereocenters. The fraction of sp³-hybridized carbons (Fsp3) is 0.214. The zero-order valence-corrected chi connectivity index (χ0v) is 11.1. The lowest BCUT2D eigenvalue weighted by Crippen LogP contribution is -2.10. The molecule has 0 aliphatic rings. The first-order valence-electron chi connectivity index (χ1n) is 6.04. The third-order valence-corrected chi connectivity index (χ3v) is 2.86. The van der Waals surface area contributed by atoms with Crippen LogP contribution in [0.15, 0.2) is 36.7 Å². The first-order valence-corrected chi connectivity index (χ1v) is 6.04. The highest BCUT2D eigenvalue weighted by Gasteiger charge is 2.33. The number of aromatic hydroxyl groups is 1. The smallest absolute Gasteiger partial charge is 0.418 e. The zero-order valence-electron chi connectivity index (χ0n) is 11.1. The molecule has 0 saturated heterocycles. The highest BCUT2D eigenvalue weighted by Crippen LogP contribution is 2.36. The van der Waals surface area contributed by atoms with E-state index in [9.17, 15) is 18.3 Å². The molecule has 0 bridgehead atoms. The Morgan fingerprint density at radius 2 is 1.95 bits per heavy atom. The summed E-state index contributed by atoms with van der Waals surface area (Å²) in [5.74, 6) is -0.0106. The molecule has 3 N–H and O–H groups in total. The van der Waals surface area contributed by atoms with Crippen molar-refractivity contribution in [2.75, 3.05) is 5.73 Å². The molecule has 0 aliphatic carbocycles. The monoisotopic (exact) mass is 298 g/mol. The van der Waals surface area contributed by atoms with Crippen LogP contribution in [0.25, 0.3) is 0 Å². The van der Waals surface area contributed by atoms with Gasteiger partial charge in [0.05, 0.1) is 11.8 Å². The van der Waals surface area contributed by atoms with E-state index in [0.717, 1.165) is 12.1 Å². The summed E-state index contributed by atoms with van der Waals surface area (Å²) >= 11 is 0. The predicted octanol–water partition coefficient (Wildman–Crippen LogP) is 3.53. The molecule has 2 aromatic rings. The van der Waals surface area contributed by atoms with Gasteiger partial charge in [-0.25, -0.2) is 0 Å². The largest absolute Gasteiger partial charge is 0.506 e. The molecule has 1 unspecified atom stereocenters. The molecule has 21 heavy (non-hydrogen) atoms. The lowest BCUT2D eigenvalue weighted by molar-refractivity contribution is -0.137. The summed E-state index contributed by atoms with van der Waals surface area (Å²) in [5, 5.41) is 9.33. The van der Waals surface area contributed by atoms with E-state index in [2.05, 4.69) is 4.98 Å². The number of hydrogen-bond acceptors (Lipinski definition) is 4. The van der Waals surface area contributed by atoms with E-state index in [1.165, 1.54) is 24.5 Å². The van der Waals surface area contributed by atoms with Gasteiger partial charge in [-0.2, -0.15) is 13.2 Å². The quantitative estimate of drug-likeness (QED) is 0.851. The van der Waals surface area contributed by atoms with Crippen molar-refractivity contribution in [1.29, 1.82) is 0 Å². The molecule has 7 heteroatoms. The summed E-state index contributed by atoms with van der Waals surface area (Å²) in [5.41, 5.74) is 4.56. The van der Waals surface area contributed by atoms with Gasteiger partial charge < -0.3 is 15.6 Å². The lowest BCUT2D eigenvalue weighted by atomic mass is 10.1. The molecule has 1 aromatic carbocycles. The van der Waals surface area contributed by atoms with E-state index < -0.39 is 17.8 Å². The topological polar surface area (TPSA) is 68.4 Å². The standard InChI is InChI=1S/C14H13F3N2O2/c1-8(9-4-10(20)7-19-6-9)21-11-2-3-13(18)12(5-11)14(15,16)17/h2-8,20H,18H2,1H3. The van der Waals surface area contributed by atoms with E-state index >= 15 is 0 Å². The van der Waals surface area contributed by atoms with Crippen molar-refractivity contribution in [3.05, 3.63) is 47.8 Å². The van der Waals surface area contributed by atoms with Crippen LogP contribution in [0.2, 0.25) is 0 Å². The van der Waals surface area contributed by atoms with E-state index in [1.54, 1.807) is 6.92 Å². The average Bonchev–Trinajstić information content (AvgIpc) is 2.39. The molecular formula is C14H13F3N2O2. The maximum atomic E-state index is 12.8. The number of alkyl halides is 3. The Morgan fingerprint density at radius 3 is 2.57 bits per heavy atom. The molecular weight excluding hydrogens is 285 g/mol. The fourth-order valence-corrected chi connectivity index (χ4v) is 1.79. The molecule has 0 saturated carbocycles. The third kappa shape index (κ3) is 3.56. The minimum atomic E-state index is -4.54. The number of hydrogen-bond donors (Lipinski definition) is 2. The first kappa shape index (κ1) is 15.0. The van der Waals surface area contributed by atoms with Gasteiger partial charge in [0.2, 0.25) is 0 Å². The van der Waals surface area contributed by atoms with Gasteiger partial charge in [0.25, 0.3) is 0 Å². The number of nitrogens with zero attached hydrogens (tertiary/aromatic N) is 1. The summed E-state index contributed by atoms with van der Waals surface area (Å²) in [6, 6.07) is 4.78. The Balaban J connectivity index is 2.24. The van der Waals surface area contributed by atoms with Crippen LogP contribution in [0.5, 0.6) is 11.5 Å². The molecule has 112 valence electrons. The number of anilines is 1. The van der Waals surface area contributed by atoms with Crippen molar-refractivity contribution in [1.82, 2.24) is 4.98 Å². The van der Waals surface area contributed by atoms with Gasteiger partial charge in [-0.05, 0) is 31.2 Å². The normalized spacial score (nSPS) is 13.0. The van der Waals surface area contributed by atoms with Crippen molar-refractivity contribution in [3.63, 3.8) is 0 Å². The Morgan fingerprint density at radius 1 is 1.24 bits per heavy atom. The summed E-state index contributed by atoms with van der Waals surface area (Å²) < 4.78 is 43.7. The maximum absolute atomic E-state index is 12.8. The Labute approximate surface area is 119 Å². The van der Waals surface area contributed by atoms with Gasteiger partial charge in [0.15, 0.2) is 0 Å². The molecule has 1 aromatic heterocycles. The van der Waals surface area contributed by atoms with Crippen LogP contribution in [0, 0.1) is 0 Å². The summed E-state index contributed by atoms with van der Waals surface area (Å²) in [6.07, 6.45) is -2.40. The zero-order chi connectivity index (χ0) is 15.6. The van der Waals surface area contributed by atoms with Gasteiger partial charge >= 0.3 is 6.18 Å². The molecule has 0 spiro atoms. The van der Waals surface area contributed by atoms with Gasteiger partial charge in [-0.15, -0.1) is 0 Å². The third-order valence-electron chi connectivity index (χ3n) is 2.86. The highest BCUT2D eigenvalue weighted by atomic mass is 19.4. The number of benzene rings is 1. The van der Waals surface area contributed by atoms with Crippen molar-refractivity contribution < 1.29 is 23.0 Å². The van der Waals surface area contributed by atoms with E-state index in [1.807, 2.05) is 0 Å². The molecule has 0 fully saturated rings. The van der Waals surface area contributed by atoms with Crippen LogP contribution >= 0.6 is 0 Å². The molecule has 0 radical (unpaired) electrons. The minimum absolute atomic E-state index is 0.0346. The second-order valence-electron chi connectivity index (χ2n) is 4.48. The Kier molecular flexibility index (Phi) is 3.93. The maximum Gasteiger partial charge on any atom is 0.418 e. The van der Waals surface area contributed by atoms with Crippen LogP contribution in [-0.4, -0.2) is 10.1 Å². The number of pyridine rings is 1. The predicted molar refractivity (Wildman–Crippen MR) is 70.8 cm³/mol. The van der Waals surface area contributed by atoms with Crippen molar-refractivity contribution in [2.24, 2.45) is 0 Å². The van der Waals surface area contributed by atoms with Gasteiger partial charge in [-0.1, -0.05) is 0 Å². The second-order valence-corrected chi connectivity index (χ2v) is 4.48. The number of halogens is 3. The van der Waals surface area contributed by atoms with Crippen LogP contribution in [-0.2, 0) is 6.18 Å². The summed E-state index contributed by atoms with van der Waals surface area (Å²) in [6.45, 7) is 1.64.